The van der Waals surface area contributed by atoms with Crippen LogP contribution in [0.4, 0.5) is 0 Å². The minimum Gasteiger partial charge on any atom is -0.337 e. The molecule has 3 nitrogen and oxygen atoms in total. The fourth-order valence-electron chi connectivity index (χ4n) is 2.25. The Bertz CT molecular complexity index is 338. The molecule has 1 N–H and O–H groups in total. The maximum atomic E-state index is 4.38. The van der Waals surface area contributed by atoms with E-state index < -0.39 is 0 Å². The average molecular weight is 239 g/mol. The second-order valence-electron chi connectivity index (χ2n) is 4.74. The second kappa shape index (κ2) is 4.80. The minimum absolute atomic E-state index is 0.338. The number of thioether (sulfide) groups is 1. The maximum absolute atomic E-state index is 4.38. The van der Waals surface area contributed by atoms with Gasteiger partial charge in [0.05, 0.1) is 6.04 Å². The standard InChI is InChI=1S/C12H21N3S/c1-10(11-13-7-8-15(11)2)14-9-12(16-3)5-4-6-12/h7-8,10,14H,4-6,9H2,1-3H3. The third-order valence-electron chi connectivity index (χ3n) is 3.67. The second-order valence-corrected chi connectivity index (χ2v) is 6.01. The highest BCUT2D eigenvalue weighted by Crippen LogP contribution is 2.42. The molecule has 0 aliphatic heterocycles. The van der Waals surface area contributed by atoms with Gasteiger partial charge in [0.2, 0.25) is 0 Å². The van der Waals surface area contributed by atoms with E-state index in [1.54, 1.807) is 0 Å². The summed E-state index contributed by atoms with van der Waals surface area (Å²) in [5.74, 6) is 1.12. The predicted molar refractivity (Wildman–Crippen MR) is 69.7 cm³/mol. The van der Waals surface area contributed by atoms with Crippen LogP contribution >= 0.6 is 11.8 Å². The van der Waals surface area contributed by atoms with Crippen molar-refractivity contribution in [1.82, 2.24) is 14.9 Å². The molecule has 0 spiro atoms. The molecule has 1 heterocycles. The van der Waals surface area contributed by atoms with Gasteiger partial charge in [-0.15, -0.1) is 0 Å². The normalized spacial score (nSPS) is 20.4. The molecule has 4 heteroatoms. The zero-order valence-corrected chi connectivity index (χ0v) is 11.2. The molecule has 1 atom stereocenters. The van der Waals surface area contributed by atoms with Gasteiger partial charge in [0, 0.05) is 30.7 Å². The zero-order valence-electron chi connectivity index (χ0n) is 10.4. The van der Waals surface area contributed by atoms with Crippen LogP contribution in [0.3, 0.4) is 0 Å². The molecule has 1 aliphatic rings. The van der Waals surface area contributed by atoms with E-state index in [9.17, 15) is 0 Å². The van der Waals surface area contributed by atoms with Crippen LogP contribution in [0.25, 0.3) is 0 Å². The number of aromatic nitrogens is 2. The van der Waals surface area contributed by atoms with Crippen LogP contribution in [0.2, 0.25) is 0 Å². The van der Waals surface area contributed by atoms with Gasteiger partial charge in [-0.1, -0.05) is 6.42 Å². The van der Waals surface area contributed by atoms with Gasteiger partial charge in [-0.05, 0) is 26.0 Å². The van der Waals surface area contributed by atoms with Crippen LogP contribution in [0, 0.1) is 0 Å². The Kier molecular flexibility index (Phi) is 3.60. The Morgan fingerprint density at radius 1 is 1.62 bits per heavy atom. The quantitative estimate of drug-likeness (QED) is 0.855. The number of rotatable bonds is 5. The van der Waals surface area contributed by atoms with Gasteiger partial charge < -0.3 is 9.88 Å². The molecule has 1 fully saturated rings. The number of hydrogen-bond acceptors (Lipinski definition) is 3. The highest BCUT2D eigenvalue weighted by molar-refractivity contribution is 8.00. The van der Waals surface area contributed by atoms with Gasteiger partial charge in [0.15, 0.2) is 0 Å². The van der Waals surface area contributed by atoms with Gasteiger partial charge in [-0.2, -0.15) is 11.8 Å². The van der Waals surface area contributed by atoms with E-state index in [4.69, 9.17) is 0 Å². The molecule has 0 radical (unpaired) electrons. The lowest BCUT2D eigenvalue weighted by molar-refractivity contribution is 0.331. The number of nitrogens with one attached hydrogen (secondary N) is 1. The number of imidazole rings is 1. The lowest BCUT2D eigenvalue weighted by Gasteiger charge is -2.41. The molecule has 90 valence electrons. The van der Waals surface area contributed by atoms with Crippen LogP contribution in [-0.4, -0.2) is 27.1 Å². The average Bonchev–Trinajstić information content (AvgIpc) is 2.63. The highest BCUT2D eigenvalue weighted by Gasteiger charge is 2.36. The van der Waals surface area contributed by atoms with Crippen LogP contribution in [0.5, 0.6) is 0 Å². The van der Waals surface area contributed by atoms with Crippen molar-refractivity contribution in [1.29, 1.82) is 0 Å². The van der Waals surface area contributed by atoms with Crippen LogP contribution in [0.1, 0.15) is 38.1 Å². The van der Waals surface area contributed by atoms with E-state index in [1.807, 2.05) is 31.2 Å². The summed E-state index contributed by atoms with van der Waals surface area (Å²) in [6.45, 7) is 3.29. The first-order chi connectivity index (χ1) is 7.67. The Balaban J connectivity index is 1.88. The molecule has 1 aliphatic carbocycles. The fourth-order valence-corrected chi connectivity index (χ4v) is 3.17. The summed E-state index contributed by atoms with van der Waals surface area (Å²) in [6, 6.07) is 0.338. The Morgan fingerprint density at radius 3 is 2.81 bits per heavy atom. The molecular weight excluding hydrogens is 218 g/mol. The largest absolute Gasteiger partial charge is 0.337 e. The van der Waals surface area contributed by atoms with Gasteiger partial charge in [0.1, 0.15) is 5.82 Å². The molecular formula is C12H21N3S. The van der Waals surface area contributed by atoms with E-state index in [2.05, 4.69) is 28.0 Å². The summed E-state index contributed by atoms with van der Waals surface area (Å²) in [6.07, 6.45) is 10.2. The lowest BCUT2D eigenvalue weighted by Crippen LogP contribution is -2.44. The molecule has 1 unspecified atom stereocenters. The van der Waals surface area contributed by atoms with Gasteiger partial charge >= 0.3 is 0 Å². The number of aryl methyl sites for hydroxylation is 1. The topological polar surface area (TPSA) is 29.9 Å². The summed E-state index contributed by atoms with van der Waals surface area (Å²) in [5.41, 5.74) is 0. The third kappa shape index (κ3) is 2.28. The Labute approximate surface area is 102 Å². The molecule has 16 heavy (non-hydrogen) atoms. The van der Waals surface area contributed by atoms with E-state index >= 15 is 0 Å². The lowest BCUT2D eigenvalue weighted by atomic mass is 9.84. The predicted octanol–water partition coefficient (Wildman–Crippen LogP) is 2.36. The van der Waals surface area contributed by atoms with Crippen molar-refractivity contribution in [3.8, 4) is 0 Å². The first-order valence-electron chi connectivity index (χ1n) is 5.93. The Morgan fingerprint density at radius 2 is 2.38 bits per heavy atom. The number of nitrogens with zero attached hydrogens (tertiary/aromatic N) is 2. The van der Waals surface area contributed by atoms with Crippen LogP contribution < -0.4 is 5.32 Å². The van der Waals surface area contributed by atoms with E-state index in [1.165, 1.54) is 19.3 Å². The molecule has 1 aromatic rings. The van der Waals surface area contributed by atoms with Gasteiger partial charge in [-0.3, -0.25) is 0 Å². The summed E-state index contributed by atoms with van der Waals surface area (Å²) < 4.78 is 2.59. The van der Waals surface area contributed by atoms with Crippen molar-refractivity contribution in [2.75, 3.05) is 12.8 Å². The Hall–Kier alpha value is -0.480. The number of hydrogen-bond donors (Lipinski definition) is 1. The van der Waals surface area contributed by atoms with Gasteiger partial charge in [-0.25, -0.2) is 4.98 Å². The fraction of sp³-hybridized carbons (Fsp3) is 0.750. The molecule has 2 rings (SSSR count). The van der Waals surface area contributed by atoms with Gasteiger partial charge in [0.25, 0.3) is 0 Å². The molecule has 0 saturated heterocycles. The smallest absolute Gasteiger partial charge is 0.125 e. The summed E-state index contributed by atoms with van der Waals surface area (Å²) in [4.78, 5) is 4.38. The van der Waals surface area contributed by atoms with E-state index in [0.717, 1.165) is 12.4 Å². The zero-order chi connectivity index (χ0) is 11.6. The third-order valence-corrected chi connectivity index (χ3v) is 5.09. The van der Waals surface area contributed by atoms with Crippen molar-refractivity contribution >= 4 is 11.8 Å². The molecule has 1 saturated carbocycles. The van der Waals surface area contributed by atoms with E-state index in [-0.39, 0.29) is 0 Å². The molecule has 0 aromatic carbocycles. The monoisotopic (exact) mass is 239 g/mol. The van der Waals surface area contributed by atoms with Crippen molar-refractivity contribution in [3.05, 3.63) is 18.2 Å². The van der Waals surface area contributed by atoms with Crippen molar-refractivity contribution < 1.29 is 0 Å². The molecule has 0 amide bonds. The minimum atomic E-state index is 0.338. The van der Waals surface area contributed by atoms with Crippen molar-refractivity contribution in [3.63, 3.8) is 0 Å². The van der Waals surface area contributed by atoms with Crippen LogP contribution in [0.15, 0.2) is 12.4 Å². The maximum Gasteiger partial charge on any atom is 0.125 e. The summed E-state index contributed by atoms with van der Waals surface area (Å²) in [7, 11) is 2.05. The first-order valence-corrected chi connectivity index (χ1v) is 7.15. The summed E-state index contributed by atoms with van der Waals surface area (Å²) >= 11 is 2.01. The van der Waals surface area contributed by atoms with Crippen LogP contribution in [-0.2, 0) is 7.05 Å². The van der Waals surface area contributed by atoms with Crippen molar-refractivity contribution in [2.24, 2.45) is 7.05 Å². The SMILES string of the molecule is CSC1(CNC(C)c2nccn2C)CCC1. The molecule has 0 bridgehead atoms. The molecule has 1 aromatic heterocycles. The van der Waals surface area contributed by atoms with E-state index in [0.29, 0.717) is 10.8 Å². The highest BCUT2D eigenvalue weighted by atomic mass is 32.2. The summed E-state index contributed by atoms with van der Waals surface area (Å²) in [5, 5.41) is 3.62. The first kappa shape index (κ1) is 12.0. The van der Waals surface area contributed by atoms with Crippen molar-refractivity contribution in [2.45, 2.75) is 37.0 Å².